The number of nitrogens with zero attached hydrogens (tertiary/aromatic N) is 1. The van der Waals surface area contributed by atoms with Crippen LogP contribution in [0.25, 0.3) is 0 Å². The maximum atomic E-state index is 12.9. The number of carbonyl (C=O) groups excluding carboxylic acids is 4. The summed E-state index contributed by atoms with van der Waals surface area (Å²) in [6.07, 6.45) is 4.99. The first-order valence-corrected chi connectivity index (χ1v) is 10.0. The molecular weight excluding hydrogens is 398 g/mol. The summed E-state index contributed by atoms with van der Waals surface area (Å²) in [5.41, 5.74) is 1.09. The van der Waals surface area contributed by atoms with Crippen LogP contribution in [0.4, 0.5) is 5.69 Å². The molecule has 2 fully saturated rings. The number of rotatable bonds is 4. The van der Waals surface area contributed by atoms with E-state index in [4.69, 9.17) is 4.74 Å². The zero-order valence-corrected chi connectivity index (χ0v) is 16.7. The summed E-state index contributed by atoms with van der Waals surface area (Å²) in [6.45, 7) is 0. The standard InChI is InChI=1S/C24H19NO6/c1-30-23(28)13-6-10-18(11-7-13)31-24(29)14-4-8-17(9-5-14)25-21(26)19-15-2-3-16(12-15)20(19)22(25)27/h2-11,15-16,19-20H,12H2,1H3/t15-,16+,19-,20+. The Morgan fingerprint density at radius 2 is 1.32 bits per heavy atom. The lowest BCUT2D eigenvalue weighted by Gasteiger charge is -2.17. The molecule has 5 rings (SSSR count). The fraction of sp³-hybridized carbons (Fsp3) is 0.250. The minimum Gasteiger partial charge on any atom is -0.465 e. The molecule has 2 bridgehead atoms. The number of benzene rings is 2. The molecule has 156 valence electrons. The number of allylic oxidation sites excluding steroid dienone is 2. The summed E-state index contributed by atoms with van der Waals surface area (Å²) in [5.74, 6) is -1.33. The first-order chi connectivity index (χ1) is 15.0. The predicted molar refractivity (Wildman–Crippen MR) is 109 cm³/mol. The Labute approximate surface area is 178 Å². The molecule has 1 saturated heterocycles. The second kappa shape index (κ2) is 7.19. The van der Waals surface area contributed by atoms with Gasteiger partial charge in [-0.3, -0.25) is 14.5 Å². The van der Waals surface area contributed by atoms with Crippen molar-refractivity contribution in [1.82, 2.24) is 0 Å². The summed E-state index contributed by atoms with van der Waals surface area (Å²) in [5, 5.41) is 0. The van der Waals surface area contributed by atoms with Crippen LogP contribution in [-0.4, -0.2) is 30.9 Å². The summed E-state index contributed by atoms with van der Waals surface area (Å²) in [7, 11) is 1.29. The Balaban J connectivity index is 1.29. The molecule has 2 aromatic carbocycles. The topological polar surface area (TPSA) is 90.0 Å². The molecule has 2 amide bonds. The molecule has 3 aliphatic rings. The second-order valence-electron chi connectivity index (χ2n) is 7.96. The van der Waals surface area contributed by atoms with Crippen LogP contribution in [0.5, 0.6) is 5.75 Å². The average molecular weight is 417 g/mol. The van der Waals surface area contributed by atoms with Gasteiger partial charge in [-0.2, -0.15) is 0 Å². The van der Waals surface area contributed by atoms with Gasteiger partial charge in [-0.05, 0) is 66.8 Å². The fourth-order valence-corrected chi connectivity index (χ4v) is 4.85. The largest absolute Gasteiger partial charge is 0.465 e. The summed E-state index contributed by atoms with van der Waals surface area (Å²) in [6, 6.07) is 12.2. The number of amides is 2. The summed E-state index contributed by atoms with van der Waals surface area (Å²) >= 11 is 0. The smallest absolute Gasteiger partial charge is 0.343 e. The van der Waals surface area contributed by atoms with Crippen molar-refractivity contribution in [2.24, 2.45) is 23.7 Å². The lowest BCUT2D eigenvalue weighted by molar-refractivity contribution is -0.123. The number of esters is 2. The van der Waals surface area contributed by atoms with Gasteiger partial charge >= 0.3 is 11.9 Å². The lowest BCUT2D eigenvalue weighted by Crippen LogP contribution is -2.32. The van der Waals surface area contributed by atoms with E-state index >= 15 is 0 Å². The predicted octanol–water partition coefficient (Wildman–Crippen LogP) is 3.00. The monoisotopic (exact) mass is 417 g/mol. The normalized spacial score (nSPS) is 25.6. The van der Waals surface area contributed by atoms with E-state index in [-0.39, 0.29) is 46.8 Å². The number of imide groups is 1. The van der Waals surface area contributed by atoms with Crippen molar-refractivity contribution in [1.29, 1.82) is 0 Å². The van der Waals surface area contributed by atoms with Crippen LogP contribution in [0.3, 0.4) is 0 Å². The van der Waals surface area contributed by atoms with Gasteiger partial charge in [-0.25, -0.2) is 9.59 Å². The van der Waals surface area contributed by atoms with E-state index in [0.717, 1.165) is 6.42 Å². The van der Waals surface area contributed by atoms with Crippen LogP contribution in [0.1, 0.15) is 27.1 Å². The molecule has 1 saturated carbocycles. The third kappa shape index (κ3) is 3.04. The molecule has 31 heavy (non-hydrogen) atoms. The number of carbonyl (C=O) groups is 4. The van der Waals surface area contributed by atoms with E-state index in [0.29, 0.717) is 11.3 Å². The molecule has 0 spiro atoms. The van der Waals surface area contributed by atoms with Gasteiger partial charge in [0.1, 0.15) is 5.75 Å². The minimum atomic E-state index is -0.587. The number of fused-ring (bicyclic) bond motifs is 5. The van der Waals surface area contributed by atoms with E-state index in [1.54, 1.807) is 12.1 Å². The van der Waals surface area contributed by atoms with Gasteiger partial charge < -0.3 is 9.47 Å². The molecule has 4 atom stereocenters. The first kappa shape index (κ1) is 19.2. The number of hydrogen-bond acceptors (Lipinski definition) is 6. The molecule has 2 aromatic rings. The van der Waals surface area contributed by atoms with Gasteiger partial charge in [-0.15, -0.1) is 0 Å². The maximum absolute atomic E-state index is 12.9. The number of ether oxygens (including phenoxy) is 2. The molecule has 0 aromatic heterocycles. The van der Waals surface area contributed by atoms with Crippen molar-refractivity contribution in [3.63, 3.8) is 0 Å². The summed E-state index contributed by atoms with van der Waals surface area (Å²) in [4.78, 5) is 50.9. The number of hydrogen-bond donors (Lipinski definition) is 0. The first-order valence-electron chi connectivity index (χ1n) is 10.0. The van der Waals surface area contributed by atoms with Crippen LogP contribution in [0.2, 0.25) is 0 Å². The molecule has 2 aliphatic carbocycles. The SMILES string of the molecule is COC(=O)c1ccc(OC(=O)c2ccc(N3C(=O)[C@@H]4[C@H](C3=O)[C@@H]3C=C[C@H]4C3)cc2)cc1. The van der Waals surface area contributed by atoms with Gasteiger partial charge in [0.05, 0.1) is 35.8 Å². The van der Waals surface area contributed by atoms with Gasteiger partial charge in [0.15, 0.2) is 0 Å². The van der Waals surface area contributed by atoms with Crippen LogP contribution in [0, 0.1) is 23.7 Å². The minimum absolute atomic E-state index is 0.149. The molecule has 0 radical (unpaired) electrons. The zero-order chi connectivity index (χ0) is 21.7. The fourth-order valence-electron chi connectivity index (χ4n) is 4.85. The van der Waals surface area contributed by atoms with E-state index in [1.165, 1.54) is 48.4 Å². The molecule has 0 unspecified atom stereocenters. The van der Waals surface area contributed by atoms with Crippen molar-refractivity contribution >= 4 is 29.4 Å². The number of anilines is 1. The van der Waals surface area contributed by atoms with Crippen LogP contribution in [0.15, 0.2) is 60.7 Å². The van der Waals surface area contributed by atoms with E-state index in [2.05, 4.69) is 16.9 Å². The number of methoxy groups -OCH3 is 1. The van der Waals surface area contributed by atoms with Crippen molar-refractivity contribution in [2.75, 3.05) is 12.0 Å². The van der Waals surface area contributed by atoms with Crippen molar-refractivity contribution in [2.45, 2.75) is 6.42 Å². The Morgan fingerprint density at radius 1 is 0.806 bits per heavy atom. The van der Waals surface area contributed by atoms with Crippen molar-refractivity contribution in [3.8, 4) is 5.75 Å². The third-order valence-electron chi connectivity index (χ3n) is 6.32. The van der Waals surface area contributed by atoms with E-state index in [9.17, 15) is 19.2 Å². The second-order valence-corrected chi connectivity index (χ2v) is 7.96. The van der Waals surface area contributed by atoms with Gasteiger partial charge in [0.25, 0.3) is 0 Å². The molecule has 7 heteroatoms. The molecule has 1 heterocycles. The van der Waals surface area contributed by atoms with Crippen molar-refractivity contribution in [3.05, 3.63) is 71.8 Å². The van der Waals surface area contributed by atoms with Crippen LogP contribution >= 0.6 is 0 Å². The van der Waals surface area contributed by atoms with Gasteiger partial charge in [0.2, 0.25) is 11.8 Å². The summed E-state index contributed by atoms with van der Waals surface area (Å²) < 4.78 is 9.96. The van der Waals surface area contributed by atoms with Crippen molar-refractivity contribution < 1.29 is 28.7 Å². The van der Waals surface area contributed by atoms with E-state index < -0.39 is 11.9 Å². The molecule has 0 N–H and O–H groups in total. The Hall–Kier alpha value is -3.74. The highest BCUT2D eigenvalue weighted by atomic mass is 16.5. The molecule has 7 nitrogen and oxygen atoms in total. The highest BCUT2D eigenvalue weighted by Crippen LogP contribution is 2.53. The zero-order valence-electron chi connectivity index (χ0n) is 16.7. The van der Waals surface area contributed by atoms with Gasteiger partial charge in [-0.1, -0.05) is 12.2 Å². The molecule has 1 aliphatic heterocycles. The van der Waals surface area contributed by atoms with Gasteiger partial charge in [0, 0.05) is 0 Å². The van der Waals surface area contributed by atoms with Crippen LogP contribution < -0.4 is 9.64 Å². The lowest BCUT2D eigenvalue weighted by atomic mass is 9.85. The average Bonchev–Trinajstić information content (AvgIpc) is 3.47. The van der Waals surface area contributed by atoms with Crippen LogP contribution in [-0.2, 0) is 14.3 Å². The van der Waals surface area contributed by atoms with E-state index in [1.807, 2.05) is 0 Å². The highest BCUT2D eigenvalue weighted by Gasteiger charge is 2.59. The Morgan fingerprint density at radius 3 is 1.87 bits per heavy atom. The highest BCUT2D eigenvalue weighted by molar-refractivity contribution is 6.22. The molecular formula is C24H19NO6. The third-order valence-corrected chi connectivity index (χ3v) is 6.32. The maximum Gasteiger partial charge on any atom is 0.343 e. The quantitative estimate of drug-likeness (QED) is 0.329. The Bertz CT molecular complexity index is 1090. The Kier molecular flexibility index (Phi) is 4.46.